The van der Waals surface area contributed by atoms with Gasteiger partial charge in [-0.2, -0.15) is 4.98 Å². The lowest BCUT2D eigenvalue weighted by molar-refractivity contribution is 0.390. The van der Waals surface area contributed by atoms with Crippen LogP contribution in [-0.2, 0) is 4.75 Å². The Morgan fingerprint density at radius 3 is 3.08 bits per heavy atom. The van der Waals surface area contributed by atoms with Crippen molar-refractivity contribution >= 4 is 24.0 Å². The molecule has 1 aromatic heterocycles. The van der Waals surface area contributed by atoms with E-state index in [4.69, 9.17) is 16.7 Å². The molecule has 0 radical (unpaired) electrons. The molecule has 1 aliphatic heterocycles. The van der Waals surface area contributed by atoms with Crippen LogP contribution in [0.3, 0.4) is 0 Å². The fourth-order valence-corrected chi connectivity index (χ4v) is 2.81. The van der Waals surface area contributed by atoms with Crippen molar-refractivity contribution < 1.29 is 4.52 Å². The molecule has 1 unspecified atom stereocenters. The van der Waals surface area contributed by atoms with Crippen LogP contribution in [0.15, 0.2) is 4.52 Å². The average Bonchev–Trinajstić information content (AvgIpc) is 2.59. The van der Waals surface area contributed by atoms with Crippen LogP contribution in [0.25, 0.3) is 0 Å². The number of aromatic amines is 1. The SMILES string of the molecule is CC1(c2nc(=S)o[nH]2)CCCS1. The Balaban J connectivity index is 2.34. The molecule has 1 aliphatic rings. The van der Waals surface area contributed by atoms with Crippen molar-refractivity contribution in [1.29, 1.82) is 0 Å². The molecular weight excluding hydrogens is 192 g/mol. The molecule has 2 heterocycles. The molecule has 0 saturated carbocycles. The molecule has 1 aromatic rings. The van der Waals surface area contributed by atoms with E-state index in [0.29, 0.717) is 4.84 Å². The molecule has 0 aliphatic carbocycles. The van der Waals surface area contributed by atoms with Crippen molar-refractivity contribution in [3.63, 3.8) is 0 Å². The average molecular weight is 202 g/mol. The van der Waals surface area contributed by atoms with Gasteiger partial charge in [0.1, 0.15) is 0 Å². The predicted molar refractivity (Wildman–Crippen MR) is 50.7 cm³/mol. The third-order valence-corrected chi connectivity index (χ3v) is 3.86. The Labute approximate surface area is 79.9 Å². The highest BCUT2D eigenvalue weighted by atomic mass is 32.2. The first-order valence-electron chi connectivity index (χ1n) is 3.91. The molecule has 66 valence electrons. The van der Waals surface area contributed by atoms with E-state index in [1.54, 1.807) is 0 Å². The highest BCUT2D eigenvalue weighted by Crippen LogP contribution is 2.44. The van der Waals surface area contributed by atoms with Gasteiger partial charge in [-0.25, -0.2) is 5.16 Å². The van der Waals surface area contributed by atoms with E-state index in [2.05, 4.69) is 17.1 Å². The Bertz CT molecular complexity index is 324. The molecule has 0 bridgehead atoms. The third-order valence-electron chi connectivity index (χ3n) is 2.16. The summed E-state index contributed by atoms with van der Waals surface area (Å²) in [4.78, 5) is 4.44. The second kappa shape index (κ2) is 2.88. The van der Waals surface area contributed by atoms with Crippen LogP contribution in [0.1, 0.15) is 25.6 Å². The first-order chi connectivity index (χ1) is 5.71. The third kappa shape index (κ3) is 1.31. The second-order valence-corrected chi connectivity index (χ2v) is 5.06. The van der Waals surface area contributed by atoms with Crippen molar-refractivity contribution in [3.8, 4) is 0 Å². The van der Waals surface area contributed by atoms with Crippen LogP contribution >= 0.6 is 24.0 Å². The second-order valence-electron chi connectivity index (χ2n) is 3.11. The van der Waals surface area contributed by atoms with Gasteiger partial charge in [0.25, 0.3) is 0 Å². The maximum atomic E-state index is 4.91. The summed E-state index contributed by atoms with van der Waals surface area (Å²) in [5.74, 6) is 2.08. The molecule has 3 nitrogen and oxygen atoms in total. The first kappa shape index (κ1) is 8.31. The Morgan fingerprint density at radius 1 is 1.75 bits per heavy atom. The molecule has 0 amide bonds. The fraction of sp³-hybridized carbons (Fsp3) is 0.714. The molecular formula is C7H10N2OS2. The largest absolute Gasteiger partial charge is 0.348 e. The number of hydrogen-bond acceptors (Lipinski definition) is 4. The summed E-state index contributed by atoms with van der Waals surface area (Å²) in [7, 11) is 0. The number of thioether (sulfide) groups is 1. The number of rotatable bonds is 1. The van der Waals surface area contributed by atoms with Crippen LogP contribution in [0.4, 0.5) is 0 Å². The van der Waals surface area contributed by atoms with Crippen LogP contribution in [-0.4, -0.2) is 15.9 Å². The lowest BCUT2D eigenvalue weighted by Crippen LogP contribution is -2.14. The van der Waals surface area contributed by atoms with Gasteiger partial charge in [-0.1, -0.05) is 0 Å². The van der Waals surface area contributed by atoms with Crippen molar-refractivity contribution in [2.45, 2.75) is 24.5 Å². The molecule has 1 atom stereocenters. The normalized spacial score (nSPS) is 29.4. The van der Waals surface area contributed by atoms with Crippen LogP contribution in [0.2, 0.25) is 0 Å². The zero-order valence-electron chi connectivity index (χ0n) is 6.79. The predicted octanol–water partition coefficient (Wildman–Crippen LogP) is 2.47. The summed E-state index contributed by atoms with van der Waals surface area (Å²) in [5, 5.41) is 2.78. The summed E-state index contributed by atoms with van der Waals surface area (Å²) >= 11 is 6.71. The highest BCUT2D eigenvalue weighted by Gasteiger charge is 2.34. The van der Waals surface area contributed by atoms with Crippen molar-refractivity contribution in [3.05, 3.63) is 10.7 Å². The van der Waals surface area contributed by atoms with Gasteiger partial charge in [-0.15, -0.1) is 11.8 Å². The molecule has 5 heteroatoms. The maximum Gasteiger partial charge on any atom is 0.314 e. The van der Waals surface area contributed by atoms with Gasteiger partial charge >= 0.3 is 4.84 Å². The van der Waals surface area contributed by atoms with Gasteiger partial charge in [0, 0.05) is 0 Å². The van der Waals surface area contributed by atoms with E-state index in [9.17, 15) is 0 Å². The minimum Gasteiger partial charge on any atom is -0.348 e. The van der Waals surface area contributed by atoms with Crippen LogP contribution in [0, 0.1) is 4.84 Å². The van der Waals surface area contributed by atoms with Crippen LogP contribution < -0.4 is 0 Å². The van der Waals surface area contributed by atoms with Gasteiger partial charge in [0.05, 0.1) is 4.75 Å². The highest BCUT2D eigenvalue weighted by molar-refractivity contribution is 8.00. The minimum atomic E-state index is 0.0978. The monoisotopic (exact) mass is 202 g/mol. The van der Waals surface area contributed by atoms with E-state index >= 15 is 0 Å². The molecule has 1 fully saturated rings. The van der Waals surface area contributed by atoms with E-state index < -0.39 is 0 Å². The molecule has 0 aromatic carbocycles. The molecule has 2 rings (SSSR count). The minimum absolute atomic E-state index is 0.0978. The van der Waals surface area contributed by atoms with E-state index in [-0.39, 0.29) is 4.75 Å². The number of hydrogen-bond donors (Lipinski definition) is 1. The number of aromatic nitrogens is 2. The summed E-state index contributed by atoms with van der Waals surface area (Å²) in [5.41, 5.74) is 0. The molecule has 12 heavy (non-hydrogen) atoms. The topological polar surface area (TPSA) is 41.8 Å². The fourth-order valence-electron chi connectivity index (χ4n) is 1.42. The van der Waals surface area contributed by atoms with Gasteiger partial charge in [-0.05, 0) is 37.7 Å². The number of nitrogens with one attached hydrogen (secondary N) is 1. The lowest BCUT2D eigenvalue weighted by atomic mass is 10.1. The zero-order valence-corrected chi connectivity index (χ0v) is 8.43. The van der Waals surface area contributed by atoms with Gasteiger partial charge in [0.15, 0.2) is 5.82 Å². The van der Waals surface area contributed by atoms with Crippen molar-refractivity contribution in [1.82, 2.24) is 10.1 Å². The molecule has 1 saturated heterocycles. The van der Waals surface area contributed by atoms with E-state index in [1.165, 1.54) is 12.2 Å². The Hall–Kier alpha value is -0.290. The first-order valence-corrected chi connectivity index (χ1v) is 5.30. The van der Waals surface area contributed by atoms with Crippen molar-refractivity contribution in [2.75, 3.05) is 5.75 Å². The number of H-pyrrole nitrogens is 1. The van der Waals surface area contributed by atoms with E-state index in [0.717, 1.165) is 12.2 Å². The molecule has 0 spiro atoms. The summed E-state index contributed by atoms with van der Waals surface area (Å²) in [6.07, 6.45) is 2.39. The van der Waals surface area contributed by atoms with Gasteiger partial charge in [-0.3, -0.25) is 0 Å². The quantitative estimate of drug-likeness (QED) is 0.710. The van der Waals surface area contributed by atoms with E-state index in [1.807, 2.05) is 11.8 Å². The van der Waals surface area contributed by atoms with Crippen molar-refractivity contribution in [2.24, 2.45) is 0 Å². The Kier molecular flexibility index (Phi) is 2.00. The Morgan fingerprint density at radius 2 is 2.58 bits per heavy atom. The molecule has 1 N–H and O–H groups in total. The standard InChI is InChI=1S/C7H10N2OS2/c1-7(3-2-4-12-7)5-8-6(11)10-9-5/h2-4H2,1H3,(H,8,9,11). The lowest BCUT2D eigenvalue weighted by Gasteiger charge is -2.17. The number of nitrogens with zero attached hydrogens (tertiary/aromatic N) is 1. The smallest absolute Gasteiger partial charge is 0.314 e. The zero-order chi connectivity index (χ0) is 8.60. The maximum absolute atomic E-state index is 4.91. The summed E-state index contributed by atoms with van der Waals surface area (Å²) < 4.78 is 5.01. The summed E-state index contributed by atoms with van der Waals surface area (Å²) in [6.45, 7) is 2.17. The van der Waals surface area contributed by atoms with Gasteiger partial charge < -0.3 is 4.52 Å². The van der Waals surface area contributed by atoms with Crippen LogP contribution in [0.5, 0.6) is 0 Å². The summed E-state index contributed by atoms with van der Waals surface area (Å²) in [6, 6.07) is 0. The van der Waals surface area contributed by atoms with Gasteiger partial charge in [0.2, 0.25) is 0 Å².